The Morgan fingerprint density at radius 1 is 0.596 bits per heavy atom. The molecule has 13 nitrogen and oxygen atoms in total. The monoisotopic (exact) mass is 742 g/mol. The highest BCUT2D eigenvalue weighted by Gasteiger charge is 2.30. The molecule has 0 aliphatic rings. The summed E-state index contributed by atoms with van der Waals surface area (Å²) in [5, 5.41) is 26.1. The average Bonchev–Trinajstić information content (AvgIpc) is 3.09. The van der Waals surface area contributed by atoms with Crippen molar-refractivity contribution < 1.29 is 48.5 Å². The zero-order valence-corrected chi connectivity index (χ0v) is 32.5. The molecule has 0 heterocycles. The number of carbonyl (C=O) groups excluding carboxylic acids is 4. The maximum Gasteiger partial charge on any atom is 0.326 e. The Balaban J connectivity index is 3.93. The van der Waals surface area contributed by atoms with Crippen LogP contribution in [0.4, 0.5) is 0 Å². The Labute approximate surface area is 312 Å². The Morgan fingerprint density at radius 2 is 1.10 bits per heavy atom. The first-order valence-corrected chi connectivity index (χ1v) is 19.9. The number of unbranched alkanes of at least 4 members (excludes halogenated alkanes) is 16. The van der Waals surface area contributed by atoms with Crippen molar-refractivity contribution in [1.29, 1.82) is 0 Å². The summed E-state index contributed by atoms with van der Waals surface area (Å²) in [5.41, 5.74) is -1.24. The molecular weight excluding hydrogens is 670 g/mol. The molecule has 0 rings (SSSR count). The van der Waals surface area contributed by atoms with Gasteiger partial charge in [0.25, 0.3) is 0 Å². The lowest BCUT2D eigenvalue weighted by atomic mass is 10.0. The van der Waals surface area contributed by atoms with E-state index in [0.717, 1.165) is 51.4 Å². The van der Waals surface area contributed by atoms with Crippen molar-refractivity contribution in [3.63, 3.8) is 0 Å². The summed E-state index contributed by atoms with van der Waals surface area (Å²) in [4.78, 5) is 71.3. The largest absolute Gasteiger partial charge is 0.481 e. The van der Waals surface area contributed by atoms with Crippen LogP contribution in [0.1, 0.15) is 168 Å². The molecule has 1 atom stereocenters. The van der Waals surface area contributed by atoms with Gasteiger partial charge in [0.15, 0.2) is 5.78 Å². The number of aliphatic carboxylic acids is 2. The number of ether oxygens (including phenoxy) is 2. The van der Waals surface area contributed by atoms with Gasteiger partial charge in [-0.05, 0) is 39.5 Å². The van der Waals surface area contributed by atoms with E-state index in [9.17, 15) is 33.9 Å². The van der Waals surface area contributed by atoms with Gasteiger partial charge in [-0.3, -0.25) is 24.0 Å². The average molecular weight is 742 g/mol. The molecule has 5 N–H and O–H groups in total. The molecule has 52 heavy (non-hydrogen) atoms. The van der Waals surface area contributed by atoms with Gasteiger partial charge < -0.3 is 35.6 Å². The van der Waals surface area contributed by atoms with Gasteiger partial charge in [0, 0.05) is 32.2 Å². The van der Waals surface area contributed by atoms with E-state index in [2.05, 4.69) is 16.0 Å². The second-order valence-corrected chi connectivity index (χ2v) is 14.3. The second kappa shape index (κ2) is 32.6. The van der Waals surface area contributed by atoms with Crippen molar-refractivity contribution in [2.45, 2.75) is 180 Å². The smallest absolute Gasteiger partial charge is 0.326 e. The van der Waals surface area contributed by atoms with Gasteiger partial charge in [-0.1, -0.05) is 103 Å². The first-order valence-electron chi connectivity index (χ1n) is 19.9. The summed E-state index contributed by atoms with van der Waals surface area (Å²) in [5.74, 6) is -3.12. The van der Waals surface area contributed by atoms with Crippen LogP contribution >= 0.6 is 0 Å². The number of amides is 3. The van der Waals surface area contributed by atoms with E-state index < -0.39 is 35.3 Å². The zero-order valence-electron chi connectivity index (χ0n) is 32.5. The molecule has 0 saturated carbocycles. The van der Waals surface area contributed by atoms with Gasteiger partial charge in [-0.15, -0.1) is 0 Å². The van der Waals surface area contributed by atoms with Crippen LogP contribution in [0.5, 0.6) is 0 Å². The van der Waals surface area contributed by atoms with Crippen molar-refractivity contribution >= 4 is 35.4 Å². The summed E-state index contributed by atoms with van der Waals surface area (Å²) in [6.45, 7) is 6.18. The number of rotatable bonds is 37. The normalized spacial score (nSPS) is 11.9. The lowest BCUT2D eigenvalue weighted by molar-refractivity contribution is -0.142. The molecule has 0 aromatic carbocycles. The molecule has 3 amide bonds. The Hall–Kier alpha value is -3.06. The van der Waals surface area contributed by atoms with Crippen LogP contribution in [-0.2, 0) is 38.2 Å². The van der Waals surface area contributed by atoms with Crippen LogP contribution < -0.4 is 16.0 Å². The highest BCUT2D eigenvalue weighted by atomic mass is 16.5. The molecule has 0 spiro atoms. The molecule has 0 aromatic rings. The second-order valence-electron chi connectivity index (χ2n) is 14.3. The summed E-state index contributed by atoms with van der Waals surface area (Å²) in [6.07, 6.45) is 20.4. The van der Waals surface area contributed by atoms with Crippen LogP contribution in [-0.4, -0.2) is 90.2 Å². The highest BCUT2D eigenvalue weighted by Crippen LogP contribution is 2.15. The number of nitrogens with one attached hydrogen (secondary N) is 3. The third-order valence-electron chi connectivity index (χ3n) is 8.83. The molecule has 0 aliphatic carbocycles. The first-order chi connectivity index (χ1) is 24.9. The summed E-state index contributed by atoms with van der Waals surface area (Å²) in [6, 6.07) is -1.19. The Kier molecular flexibility index (Phi) is 30.7. The Bertz CT molecular complexity index is 1000. The predicted octanol–water partition coefficient (Wildman–Crippen LogP) is 6.25. The summed E-state index contributed by atoms with van der Waals surface area (Å²) < 4.78 is 10.7. The minimum atomic E-state index is -1.24. The minimum absolute atomic E-state index is 0.0653. The maximum absolute atomic E-state index is 12.6. The van der Waals surface area contributed by atoms with Crippen molar-refractivity contribution in [2.24, 2.45) is 0 Å². The maximum atomic E-state index is 12.6. The van der Waals surface area contributed by atoms with Crippen LogP contribution in [0.15, 0.2) is 0 Å². The van der Waals surface area contributed by atoms with Crippen molar-refractivity contribution in [2.75, 3.05) is 33.0 Å². The van der Waals surface area contributed by atoms with Gasteiger partial charge in [0.1, 0.15) is 18.2 Å². The van der Waals surface area contributed by atoms with E-state index >= 15 is 0 Å². The lowest BCUT2D eigenvalue weighted by Crippen LogP contribution is -2.55. The number of carboxylic acids is 2. The first kappa shape index (κ1) is 48.9. The molecule has 0 aliphatic heterocycles. The highest BCUT2D eigenvalue weighted by molar-refractivity contribution is 5.91. The fourth-order valence-electron chi connectivity index (χ4n) is 5.61. The van der Waals surface area contributed by atoms with Crippen molar-refractivity contribution in [1.82, 2.24) is 16.0 Å². The number of hydrogen-bond acceptors (Lipinski definition) is 8. The van der Waals surface area contributed by atoms with Gasteiger partial charge >= 0.3 is 11.9 Å². The molecule has 0 aromatic heterocycles. The number of carboxylic acid groups (broad SMARTS) is 2. The predicted molar refractivity (Wildman–Crippen MR) is 201 cm³/mol. The fourth-order valence-corrected chi connectivity index (χ4v) is 5.61. The molecule has 13 heteroatoms. The third kappa shape index (κ3) is 30.6. The van der Waals surface area contributed by atoms with Crippen LogP contribution in [0, 0.1) is 0 Å². The molecule has 0 radical (unpaired) electrons. The van der Waals surface area contributed by atoms with E-state index in [0.29, 0.717) is 12.8 Å². The Morgan fingerprint density at radius 3 is 1.60 bits per heavy atom. The van der Waals surface area contributed by atoms with Crippen molar-refractivity contribution in [3.8, 4) is 0 Å². The SMILES string of the molecule is CCCCC(=O)COCCOCCNC(=O)C(C)(C)NC(=O)CC[C@H](NC(=O)CCCCCCCCCCCCCCCCCCC(=O)O)C(=O)O. The molecule has 0 bridgehead atoms. The number of ketones is 1. The van der Waals surface area contributed by atoms with E-state index in [1.807, 2.05) is 6.92 Å². The molecular formula is C39H71N3O10. The zero-order chi connectivity index (χ0) is 38.9. The van der Waals surface area contributed by atoms with E-state index in [1.165, 1.54) is 57.8 Å². The van der Waals surface area contributed by atoms with Crippen LogP contribution in [0.25, 0.3) is 0 Å². The van der Waals surface area contributed by atoms with Gasteiger partial charge in [0.2, 0.25) is 17.7 Å². The van der Waals surface area contributed by atoms with Gasteiger partial charge in [0.05, 0.1) is 19.8 Å². The van der Waals surface area contributed by atoms with E-state index in [4.69, 9.17) is 14.6 Å². The molecule has 302 valence electrons. The molecule has 0 fully saturated rings. The van der Waals surface area contributed by atoms with Gasteiger partial charge in [-0.25, -0.2) is 4.79 Å². The van der Waals surface area contributed by atoms with E-state index in [-0.39, 0.29) is 70.3 Å². The summed E-state index contributed by atoms with van der Waals surface area (Å²) >= 11 is 0. The fraction of sp³-hybridized carbons (Fsp3) is 0.846. The lowest BCUT2D eigenvalue weighted by Gasteiger charge is -2.25. The van der Waals surface area contributed by atoms with Gasteiger partial charge in [-0.2, -0.15) is 0 Å². The third-order valence-corrected chi connectivity index (χ3v) is 8.83. The van der Waals surface area contributed by atoms with Crippen molar-refractivity contribution in [3.05, 3.63) is 0 Å². The molecule has 0 unspecified atom stereocenters. The standard InChI is InChI=1S/C39H71N3O10/c1-4-5-22-32(43)31-52-30-29-51-28-27-40-38(50)39(2,3)42-35(45)26-25-33(37(48)49)41-34(44)23-20-18-16-14-12-10-8-6-7-9-11-13-15-17-19-21-24-36(46)47/h33H,4-31H2,1-3H3,(H,40,50)(H,41,44)(H,42,45)(H,46,47)(H,48,49)/t33-/m0/s1. The minimum Gasteiger partial charge on any atom is -0.481 e. The number of carbonyl (C=O) groups is 6. The molecule has 0 saturated heterocycles. The quantitative estimate of drug-likeness (QED) is 0.0454. The van der Waals surface area contributed by atoms with E-state index in [1.54, 1.807) is 13.8 Å². The number of hydrogen-bond donors (Lipinski definition) is 5. The topological polar surface area (TPSA) is 197 Å². The summed E-state index contributed by atoms with van der Waals surface area (Å²) in [7, 11) is 0. The van der Waals surface area contributed by atoms with Crippen LogP contribution in [0.2, 0.25) is 0 Å². The number of Topliss-reactive ketones (excluding diaryl/α,β-unsaturated/α-hetero) is 1. The van der Waals surface area contributed by atoms with Crippen LogP contribution in [0.3, 0.4) is 0 Å².